The van der Waals surface area contributed by atoms with Crippen molar-refractivity contribution in [2.75, 3.05) is 39.3 Å². The van der Waals surface area contributed by atoms with Crippen LogP contribution in [0.1, 0.15) is 30.6 Å². The van der Waals surface area contributed by atoms with Gasteiger partial charge in [0.1, 0.15) is 0 Å². The second kappa shape index (κ2) is 9.34. The summed E-state index contributed by atoms with van der Waals surface area (Å²) in [7, 11) is -3.58. The van der Waals surface area contributed by atoms with Gasteiger partial charge in [0.05, 0.1) is 17.1 Å². The highest BCUT2D eigenvalue weighted by atomic mass is 35.5. The lowest BCUT2D eigenvalue weighted by Gasteiger charge is -2.34. The number of carbonyl (C=O) groups is 1. The zero-order chi connectivity index (χ0) is 18.7. The lowest BCUT2D eigenvalue weighted by Crippen LogP contribution is -2.48. The molecule has 0 bridgehead atoms. The quantitative estimate of drug-likeness (QED) is 0.802. The summed E-state index contributed by atoms with van der Waals surface area (Å²) in [6.07, 6.45) is 0.656. The minimum Gasteiger partial charge on any atom is -0.373 e. The van der Waals surface area contributed by atoms with E-state index in [2.05, 4.69) is 5.32 Å². The average Bonchev–Trinajstić information content (AvgIpc) is 2.90. The van der Waals surface area contributed by atoms with Gasteiger partial charge in [-0.2, -0.15) is 4.31 Å². The number of ether oxygens (including phenoxy) is 1. The number of nitrogens with one attached hydrogen (secondary N) is 1. The molecule has 0 aliphatic carbocycles. The monoisotopic (exact) mass is 417 g/mol. The Labute approximate surface area is 167 Å². The van der Waals surface area contributed by atoms with Crippen LogP contribution in [0.25, 0.3) is 0 Å². The van der Waals surface area contributed by atoms with Gasteiger partial charge in [-0.25, -0.2) is 8.42 Å². The predicted octanol–water partition coefficient (Wildman–Crippen LogP) is 1.34. The first-order valence-electron chi connectivity index (χ1n) is 9.13. The number of benzene rings is 1. The standard InChI is InChI=1S/C18H27N3O4S.ClH/c1-14-12-21(13-15(2)25-14)26(23,24)17-6-4-16(5-7-17)18(22)20-10-3-8-19-9-11-20;/h4-7,14-15,19H,3,8-13H2,1-2H3;1H. The van der Waals surface area contributed by atoms with Crippen molar-refractivity contribution in [1.29, 1.82) is 0 Å². The third kappa shape index (κ3) is 5.20. The molecule has 0 aromatic heterocycles. The van der Waals surface area contributed by atoms with Crippen LogP contribution in [0.5, 0.6) is 0 Å². The Bertz CT molecular complexity index is 723. The van der Waals surface area contributed by atoms with Crippen LogP contribution in [0, 0.1) is 0 Å². The van der Waals surface area contributed by atoms with Gasteiger partial charge in [0, 0.05) is 38.3 Å². The van der Waals surface area contributed by atoms with E-state index in [0.717, 1.165) is 26.1 Å². The third-order valence-corrected chi connectivity index (χ3v) is 6.60. The van der Waals surface area contributed by atoms with Crippen molar-refractivity contribution < 1.29 is 17.9 Å². The Hall–Kier alpha value is -1.19. The predicted molar refractivity (Wildman–Crippen MR) is 106 cm³/mol. The van der Waals surface area contributed by atoms with Gasteiger partial charge < -0.3 is 15.0 Å². The number of rotatable bonds is 3. The Morgan fingerprint density at radius 3 is 2.33 bits per heavy atom. The molecule has 7 nitrogen and oxygen atoms in total. The first-order chi connectivity index (χ1) is 12.4. The van der Waals surface area contributed by atoms with Gasteiger partial charge in [-0.3, -0.25) is 4.79 Å². The fraction of sp³-hybridized carbons (Fsp3) is 0.611. The maximum absolute atomic E-state index is 12.9. The maximum Gasteiger partial charge on any atom is 0.253 e. The van der Waals surface area contributed by atoms with Crippen molar-refractivity contribution in [3.8, 4) is 0 Å². The summed E-state index contributed by atoms with van der Waals surface area (Å²) in [6.45, 7) is 7.51. The summed E-state index contributed by atoms with van der Waals surface area (Å²) in [5.41, 5.74) is 0.523. The SMILES string of the molecule is CC1CN(S(=O)(=O)c2ccc(C(=O)N3CCCNCC3)cc2)CC(C)O1.Cl. The number of hydrogen-bond donors (Lipinski definition) is 1. The molecule has 1 amide bonds. The molecule has 2 atom stereocenters. The topological polar surface area (TPSA) is 79.0 Å². The zero-order valence-electron chi connectivity index (χ0n) is 15.8. The normalized spacial score (nSPS) is 24.7. The van der Waals surface area contributed by atoms with Gasteiger partial charge in [-0.1, -0.05) is 0 Å². The van der Waals surface area contributed by atoms with Crippen molar-refractivity contribution >= 4 is 28.3 Å². The van der Waals surface area contributed by atoms with E-state index in [1.807, 2.05) is 18.7 Å². The molecule has 2 saturated heterocycles. The van der Waals surface area contributed by atoms with Crippen molar-refractivity contribution in [3.63, 3.8) is 0 Å². The molecule has 0 radical (unpaired) electrons. The maximum atomic E-state index is 12.9. The van der Waals surface area contributed by atoms with E-state index in [0.29, 0.717) is 25.2 Å². The smallest absolute Gasteiger partial charge is 0.253 e. The summed E-state index contributed by atoms with van der Waals surface area (Å²) < 4.78 is 32.8. The summed E-state index contributed by atoms with van der Waals surface area (Å²) in [4.78, 5) is 14.7. The van der Waals surface area contributed by atoms with Gasteiger partial charge >= 0.3 is 0 Å². The number of halogens is 1. The fourth-order valence-electron chi connectivity index (χ4n) is 3.48. The highest BCUT2D eigenvalue weighted by Gasteiger charge is 2.32. The third-order valence-electron chi connectivity index (χ3n) is 4.75. The van der Waals surface area contributed by atoms with Crippen LogP contribution >= 0.6 is 12.4 Å². The second-order valence-electron chi connectivity index (χ2n) is 7.00. The molecule has 1 aromatic carbocycles. The van der Waals surface area contributed by atoms with Crippen LogP contribution in [0.15, 0.2) is 29.2 Å². The van der Waals surface area contributed by atoms with Crippen LogP contribution < -0.4 is 5.32 Å². The van der Waals surface area contributed by atoms with Gasteiger partial charge in [0.2, 0.25) is 10.0 Å². The van der Waals surface area contributed by atoms with Crippen molar-refractivity contribution in [1.82, 2.24) is 14.5 Å². The molecule has 2 aliphatic rings. The Morgan fingerprint density at radius 1 is 1.07 bits per heavy atom. The minimum absolute atomic E-state index is 0. The van der Waals surface area contributed by atoms with Gasteiger partial charge in [0.25, 0.3) is 5.91 Å². The molecule has 0 saturated carbocycles. The molecular weight excluding hydrogens is 390 g/mol. The average molecular weight is 418 g/mol. The van der Waals surface area contributed by atoms with E-state index >= 15 is 0 Å². The highest BCUT2D eigenvalue weighted by molar-refractivity contribution is 7.89. The number of morpholine rings is 1. The van der Waals surface area contributed by atoms with Crippen LogP contribution in [0.2, 0.25) is 0 Å². The van der Waals surface area contributed by atoms with Crippen LogP contribution in [0.4, 0.5) is 0 Å². The molecule has 0 spiro atoms. The van der Waals surface area contributed by atoms with E-state index < -0.39 is 10.0 Å². The Balaban J connectivity index is 0.00000261. The highest BCUT2D eigenvalue weighted by Crippen LogP contribution is 2.22. The van der Waals surface area contributed by atoms with E-state index in [1.165, 1.54) is 16.4 Å². The van der Waals surface area contributed by atoms with Crippen LogP contribution in [-0.4, -0.2) is 75.0 Å². The molecule has 1 aromatic rings. The molecule has 2 heterocycles. The lowest BCUT2D eigenvalue weighted by atomic mass is 10.2. The molecule has 152 valence electrons. The van der Waals surface area contributed by atoms with Gasteiger partial charge in [0.15, 0.2) is 0 Å². The summed E-state index contributed by atoms with van der Waals surface area (Å²) in [5, 5.41) is 3.27. The molecule has 1 N–H and O–H groups in total. The first kappa shape index (κ1) is 22.1. The summed E-state index contributed by atoms with van der Waals surface area (Å²) >= 11 is 0. The first-order valence-corrected chi connectivity index (χ1v) is 10.6. The van der Waals surface area contributed by atoms with E-state index in [1.54, 1.807) is 12.1 Å². The van der Waals surface area contributed by atoms with Crippen molar-refractivity contribution in [3.05, 3.63) is 29.8 Å². The molecule has 2 unspecified atom stereocenters. The zero-order valence-corrected chi connectivity index (χ0v) is 17.4. The lowest BCUT2D eigenvalue weighted by molar-refractivity contribution is -0.0440. The molecule has 27 heavy (non-hydrogen) atoms. The summed E-state index contributed by atoms with van der Waals surface area (Å²) in [6, 6.07) is 6.29. The fourth-order valence-corrected chi connectivity index (χ4v) is 5.07. The molecule has 2 aliphatic heterocycles. The summed E-state index contributed by atoms with van der Waals surface area (Å²) in [5.74, 6) is -0.0498. The molecule has 3 rings (SSSR count). The molecular formula is C18H28ClN3O4S. The second-order valence-corrected chi connectivity index (χ2v) is 8.94. The van der Waals surface area contributed by atoms with Gasteiger partial charge in [-0.15, -0.1) is 12.4 Å². The van der Waals surface area contributed by atoms with Crippen LogP contribution in [0.3, 0.4) is 0 Å². The van der Waals surface area contributed by atoms with Gasteiger partial charge in [-0.05, 0) is 51.1 Å². The number of sulfonamides is 1. The number of nitrogens with zero attached hydrogens (tertiary/aromatic N) is 2. The minimum atomic E-state index is -3.58. The van der Waals surface area contributed by atoms with Crippen LogP contribution in [-0.2, 0) is 14.8 Å². The van der Waals surface area contributed by atoms with Crippen molar-refractivity contribution in [2.24, 2.45) is 0 Å². The number of hydrogen-bond acceptors (Lipinski definition) is 5. The largest absolute Gasteiger partial charge is 0.373 e. The molecule has 2 fully saturated rings. The van der Waals surface area contributed by atoms with E-state index in [-0.39, 0.29) is 35.4 Å². The Kier molecular flexibility index (Phi) is 7.64. The Morgan fingerprint density at radius 2 is 1.70 bits per heavy atom. The number of carbonyl (C=O) groups excluding carboxylic acids is 1. The molecule has 9 heteroatoms. The number of amides is 1. The van der Waals surface area contributed by atoms with E-state index in [4.69, 9.17) is 4.74 Å². The van der Waals surface area contributed by atoms with Crippen molar-refractivity contribution in [2.45, 2.75) is 37.4 Å². The van der Waals surface area contributed by atoms with E-state index in [9.17, 15) is 13.2 Å².